The van der Waals surface area contributed by atoms with Crippen LogP contribution < -0.4 is 16.0 Å². The van der Waals surface area contributed by atoms with Crippen molar-refractivity contribution < 1.29 is 8.42 Å². The van der Waals surface area contributed by atoms with Gasteiger partial charge in [-0.05, 0) is 19.1 Å². The molecule has 0 aliphatic carbocycles. The van der Waals surface area contributed by atoms with E-state index in [1.165, 1.54) is 18.3 Å². The van der Waals surface area contributed by atoms with Crippen molar-refractivity contribution in [3.63, 3.8) is 0 Å². The van der Waals surface area contributed by atoms with Crippen LogP contribution in [0.25, 0.3) is 0 Å². The van der Waals surface area contributed by atoms with E-state index in [-0.39, 0.29) is 11.4 Å². The second kappa shape index (κ2) is 5.94. The van der Waals surface area contributed by atoms with Crippen LogP contribution in [0.15, 0.2) is 29.6 Å². The van der Waals surface area contributed by atoms with Gasteiger partial charge >= 0.3 is 0 Å². The molecule has 2 aromatic rings. The van der Waals surface area contributed by atoms with Crippen molar-refractivity contribution >= 4 is 15.8 Å². The van der Waals surface area contributed by atoms with E-state index in [9.17, 15) is 8.42 Å². The topological polar surface area (TPSA) is 128 Å². The summed E-state index contributed by atoms with van der Waals surface area (Å²) in [6.07, 6.45) is 2.77. The standard InChI is InChI=1S/C10H15N7O2S/c1-2-17-7-13-16-10(17)6-14-20(18,19)8-3-4-9(15-11)12-5-8/h3-5,7,14H,2,6,11H2,1H3,(H,12,15). The summed E-state index contributed by atoms with van der Waals surface area (Å²) in [4.78, 5) is 3.91. The van der Waals surface area contributed by atoms with Crippen LogP contribution in [0.2, 0.25) is 0 Å². The minimum absolute atomic E-state index is 0.0547. The monoisotopic (exact) mass is 297 g/mol. The lowest BCUT2D eigenvalue weighted by molar-refractivity contribution is 0.574. The fourth-order valence-electron chi connectivity index (χ4n) is 1.55. The maximum absolute atomic E-state index is 12.1. The Kier molecular flexibility index (Phi) is 4.27. The zero-order valence-electron chi connectivity index (χ0n) is 10.8. The molecule has 108 valence electrons. The van der Waals surface area contributed by atoms with Crippen molar-refractivity contribution in [1.82, 2.24) is 24.5 Å². The number of rotatable bonds is 6. The Labute approximate surface area is 116 Å². The molecule has 0 spiro atoms. The van der Waals surface area contributed by atoms with Crippen molar-refractivity contribution in [2.45, 2.75) is 24.9 Å². The zero-order valence-corrected chi connectivity index (χ0v) is 11.6. The first-order valence-corrected chi connectivity index (χ1v) is 7.34. The molecule has 10 heteroatoms. The third-order valence-corrected chi connectivity index (χ3v) is 4.04. The number of hydrazine groups is 1. The molecular weight excluding hydrogens is 282 g/mol. The lowest BCUT2D eigenvalue weighted by Crippen LogP contribution is -2.25. The summed E-state index contributed by atoms with van der Waals surface area (Å²) in [5.41, 5.74) is 2.33. The Hall–Kier alpha value is -2.04. The Bertz CT molecular complexity index is 665. The predicted molar refractivity (Wildman–Crippen MR) is 71.8 cm³/mol. The van der Waals surface area contributed by atoms with E-state index in [4.69, 9.17) is 5.84 Å². The fourth-order valence-corrected chi connectivity index (χ4v) is 2.47. The van der Waals surface area contributed by atoms with E-state index in [1.807, 2.05) is 6.92 Å². The molecule has 4 N–H and O–H groups in total. The van der Waals surface area contributed by atoms with Crippen LogP contribution in [0.4, 0.5) is 5.82 Å². The smallest absolute Gasteiger partial charge is 0.242 e. The van der Waals surface area contributed by atoms with Crippen molar-refractivity contribution in [1.29, 1.82) is 0 Å². The largest absolute Gasteiger partial charge is 0.317 e. The van der Waals surface area contributed by atoms with Crippen LogP contribution in [0.5, 0.6) is 0 Å². The van der Waals surface area contributed by atoms with Gasteiger partial charge in [0, 0.05) is 12.7 Å². The zero-order chi connectivity index (χ0) is 14.6. The molecule has 9 nitrogen and oxygen atoms in total. The van der Waals surface area contributed by atoms with E-state index in [0.29, 0.717) is 18.2 Å². The van der Waals surface area contributed by atoms with Gasteiger partial charge in [-0.2, -0.15) is 0 Å². The van der Waals surface area contributed by atoms with Gasteiger partial charge in [-0.1, -0.05) is 0 Å². The summed E-state index contributed by atoms with van der Waals surface area (Å²) in [7, 11) is -3.65. The summed E-state index contributed by atoms with van der Waals surface area (Å²) in [5, 5.41) is 7.59. The molecule has 0 bridgehead atoms. The van der Waals surface area contributed by atoms with E-state index in [0.717, 1.165) is 0 Å². The van der Waals surface area contributed by atoms with Gasteiger partial charge in [-0.15, -0.1) is 10.2 Å². The van der Waals surface area contributed by atoms with Gasteiger partial charge in [-0.25, -0.2) is 24.0 Å². The maximum atomic E-state index is 12.1. The predicted octanol–water partition coefficient (Wildman–Crippen LogP) is -0.543. The van der Waals surface area contributed by atoms with E-state index in [2.05, 4.69) is 25.3 Å². The number of sulfonamides is 1. The molecule has 0 unspecified atom stereocenters. The van der Waals surface area contributed by atoms with E-state index in [1.54, 1.807) is 10.9 Å². The summed E-state index contributed by atoms with van der Waals surface area (Å²) in [5.74, 6) is 6.10. The molecule has 0 radical (unpaired) electrons. The van der Waals surface area contributed by atoms with Crippen molar-refractivity contribution in [2.75, 3.05) is 5.43 Å². The Morgan fingerprint density at radius 2 is 2.20 bits per heavy atom. The highest BCUT2D eigenvalue weighted by Gasteiger charge is 2.15. The number of nitrogen functional groups attached to an aromatic ring is 1. The lowest BCUT2D eigenvalue weighted by Gasteiger charge is -2.07. The highest BCUT2D eigenvalue weighted by molar-refractivity contribution is 7.89. The van der Waals surface area contributed by atoms with Crippen LogP contribution >= 0.6 is 0 Å². The molecule has 20 heavy (non-hydrogen) atoms. The molecular formula is C10H15N7O2S. The van der Waals surface area contributed by atoms with Gasteiger partial charge in [0.15, 0.2) is 0 Å². The first kappa shape index (κ1) is 14.4. The molecule has 0 amide bonds. The molecule has 0 saturated carbocycles. The van der Waals surface area contributed by atoms with Gasteiger partial charge in [0.25, 0.3) is 0 Å². The molecule has 2 rings (SSSR count). The molecule has 0 atom stereocenters. The molecule has 0 aromatic carbocycles. The van der Waals surface area contributed by atoms with Crippen molar-refractivity contribution in [3.05, 3.63) is 30.5 Å². The molecule has 0 fully saturated rings. The number of nitrogens with one attached hydrogen (secondary N) is 2. The Morgan fingerprint density at radius 3 is 2.80 bits per heavy atom. The van der Waals surface area contributed by atoms with Crippen LogP contribution in [0, 0.1) is 0 Å². The number of aryl methyl sites for hydroxylation is 1. The highest BCUT2D eigenvalue weighted by atomic mass is 32.2. The minimum Gasteiger partial charge on any atom is -0.317 e. The second-order valence-electron chi connectivity index (χ2n) is 3.88. The van der Waals surface area contributed by atoms with E-state index < -0.39 is 10.0 Å². The van der Waals surface area contributed by atoms with Crippen LogP contribution in [-0.4, -0.2) is 28.2 Å². The summed E-state index contributed by atoms with van der Waals surface area (Å²) in [6, 6.07) is 2.89. The number of hydrogen-bond acceptors (Lipinski definition) is 7. The van der Waals surface area contributed by atoms with Gasteiger partial charge in [0.2, 0.25) is 10.0 Å². The highest BCUT2D eigenvalue weighted by Crippen LogP contribution is 2.10. The van der Waals surface area contributed by atoms with Crippen LogP contribution in [-0.2, 0) is 23.1 Å². The minimum atomic E-state index is -3.65. The number of hydrogen-bond donors (Lipinski definition) is 3. The van der Waals surface area contributed by atoms with Gasteiger partial charge in [0.1, 0.15) is 22.9 Å². The van der Waals surface area contributed by atoms with Gasteiger partial charge < -0.3 is 9.99 Å². The van der Waals surface area contributed by atoms with Crippen molar-refractivity contribution in [3.8, 4) is 0 Å². The van der Waals surface area contributed by atoms with Gasteiger partial charge in [0.05, 0.1) is 6.54 Å². The van der Waals surface area contributed by atoms with E-state index >= 15 is 0 Å². The number of pyridine rings is 1. The maximum Gasteiger partial charge on any atom is 0.242 e. The third kappa shape index (κ3) is 3.10. The second-order valence-corrected chi connectivity index (χ2v) is 5.65. The SMILES string of the molecule is CCn1cnnc1CNS(=O)(=O)c1ccc(NN)nc1. The van der Waals surface area contributed by atoms with Crippen molar-refractivity contribution in [2.24, 2.45) is 5.84 Å². The summed E-state index contributed by atoms with van der Waals surface area (Å²) >= 11 is 0. The van der Waals surface area contributed by atoms with Crippen LogP contribution in [0.3, 0.4) is 0 Å². The first-order valence-electron chi connectivity index (χ1n) is 5.86. The summed E-state index contributed by atoms with van der Waals surface area (Å²) < 4.78 is 28.3. The number of anilines is 1. The average Bonchev–Trinajstić information content (AvgIpc) is 2.93. The quantitative estimate of drug-likeness (QED) is 0.482. The lowest BCUT2D eigenvalue weighted by atomic mass is 10.5. The summed E-state index contributed by atoms with van der Waals surface area (Å²) in [6.45, 7) is 2.65. The molecule has 2 aromatic heterocycles. The molecule has 0 aliphatic rings. The van der Waals surface area contributed by atoms with Crippen LogP contribution in [0.1, 0.15) is 12.7 Å². The fraction of sp³-hybridized carbons (Fsp3) is 0.300. The molecule has 0 aliphatic heterocycles. The first-order chi connectivity index (χ1) is 9.56. The Morgan fingerprint density at radius 1 is 1.40 bits per heavy atom. The number of aromatic nitrogens is 4. The molecule has 0 saturated heterocycles. The van der Waals surface area contributed by atoms with Gasteiger partial charge in [-0.3, -0.25) is 0 Å². The number of nitrogens with two attached hydrogens (primary N) is 1. The number of nitrogens with zero attached hydrogens (tertiary/aromatic N) is 4. The third-order valence-electron chi connectivity index (χ3n) is 2.65. The Balaban J connectivity index is 2.10. The molecule has 2 heterocycles. The normalized spacial score (nSPS) is 11.5. The average molecular weight is 297 g/mol.